The van der Waals surface area contributed by atoms with Crippen molar-refractivity contribution in [3.8, 4) is 11.5 Å². The molecule has 0 fully saturated rings. The molecular weight excluding hydrogens is 600 g/mol. The number of imidazole rings is 1. The Labute approximate surface area is 277 Å². The SMILES string of the molecule is COc1ccc(OC)c(COC(=O)/C2=C/[C@@H]3[C@@H](C(C)C)CC=C(C)[C@@H]3C[C@H](OC(=O)/C=C/c3cn(C)cn3)[C@]3(C)C=C[C@@]2(OC)O3)c1. The highest BCUT2D eigenvalue weighted by molar-refractivity contribution is 5.91. The van der Waals surface area contributed by atoms with Gasteiger partial charge in [-0.1, -0.05) is 31.6 Å². The fourth-order valence-corrected chi connectivity index (χ4v) is 6.96. The molecule has 2 aliphatic heterocycles. The Bertz CT molecular complexity index is 1600. The summed E-state index contributed by atoms with van der Waals surface area (Å²) in [5.74, 6) is -1.04. The van der Waals surface area contributed by atoms with Crippen LogP contribution in [0.3, 0.4) is 0 Å². The van der Waals surface area contributed by atoms with Gasteiger partial charge in [-0.3, -0.25) is 0 Å². The van der Waals surface area contributed by atoms with Crippen molar-refractivity contribution in [1.82, 2.24) is 9.55 Å². The standard InChI is InChI=1S/C37H46N2O8/c1-23(2)28-12-9-24(3)29-19-33(46-34(40)14-10-26-20-39(5)22-38-26)36(4)15-16-37(44-8,47-36)31(18-30(28)29)35(41)45-21-25-17-27(42-6)11-13-32(25)43-7/h9-11,13-18,20,22-23,28-30,33H,12,19,21H2,1-8H3/b14-10+,31-18-/t28-,29+,30-,33+,36+,37-/m1/s1. The molecule has 2 aromatic rings. The van der Waals surface area contributed by atoms with Crippen molar-refractivity contribution in [2.45, 2.75) is 64.6 Å². The number of methoxy groups -OCH3 is 3. The molecule has 1 aromatic carbocycles. The molecule has 0 radical (unpaired) electrons. The first-order valence-electron chi connectivity index (χ1n) is 16.0. The Balaban J connectivity index is 1.52. The fraction of sp³-hybridized carbons (Fsp3) is 0.486. The summed E-state index contributed by atoms with van der Waals surface area (Å²) in [4.78, 5) is 31.7. The van der Waals surface area contributed by atoms with Gasteiger partial charge in [0.05, 0.1) is 31.8 Å². The minimum absolute atomic E-state index is 0.0305. The number of fused-ring (bicyclic) bond motifs is 3. The summed E-state index contributed by atoms with van der Waals surface area (Å²) in [7, 11) is 6.50. The molecule has 0 unspecified atom stereocenters. The molecule has 1 aromatic heterocycles. The van der Waals surface area contributed by atoms with Gasteiger partial charge in [0.25, 0.3) is 0 Å². The van der Waals surface area contributed by atoms with Gasteiger partial charge in [-0.05, 0) is 86.8 Å². The van der Waals surface area contributed by atoms with Crippen LogP contribution in [0.15, 0.2) is 72.2 Å². The van der Waals surface area contributed by atoms with E-state index >= 15 is 0 Å². The smallest absolute Gasteiger partial charge is 0.339 e. The molecule has 3 aliphatic rings. The quantitative estimate of drug-likeness (QED) is 0.175. The summed E-state index contributed by atoms with van der Waals surface area (Å²) in [6, 6.07) is 5.33. The lowest BCUT2D eigenvalue weighted by molar-refractivity contribution is -0.227. The summed E-state index contributed by atoms with van der Waals surface area (Å²) in [5.41, 5.74) is 1.62. The van der Waals surface area contributed by atoms with Crippen molar-refractivity contribution < 1.29 is 38.0 Å². The third-order valence-electron chi connectivity index (χ3n) is 9.70. The number of benzene rings is 1. The zero-order valence-corrected chi connectivity index (χ0v) is 28.5. The monoisotopic (exact) mass is 646 g/mol. The lowest BCUT2D eigenvalue weighted by Gasteiger charge is -2.41. The number of ether oxygens (including phenoxy) is 6. The van der Waals surface area contributed by atoms with Crippen molar-refractivity contribution in [3.63, 3.8) is 0 Å². The van der Waals surface area contributed by atoms with Gasteiger partial charge in [0.15, 0.2) is 0 Å². The Hall–Kier alpha value is -4.15. The molecule has 252 valence electrons. The maximum atomic E-state index is 14.2. The first-order chi connectivity index (χ1) is 22.4. The van der Waals surface area contributed by atoms with E-state index in [0.717, 1.165) is 6.42 Å². The van der Waals surface area contributed by atoms with Crippen LogP contribution in [-0.2, 0) is 42.2 Å². The Morgan fingerprint density at radius 2 is 1.96 bits per heavy atom. The second kappa shape index (κ2) is 13.9. The molecule has 0 saturated carbocycles. The van der Waals surface area contributed by atoms with E-state index in [1.807, 2.05) is 32.3 Å². The van der Waals surface area contributed by atoms with Crippen LogP contribution in [0.2, 0.25) is 0 Å². The van der Waals surface area contributed by atoms with Crippen LogP contribution in [0.25, 0.3) is 6.08 Å². The fourth-order valence-electron chi connectivity index (χ4n) is 6.96. The van der Waals surface area contributed by atoms with E-state index in [9.17, 15) is 9.59 Å². The van der Waals surface area contributed by atoms with Crippen LogP contribution in [0.4, 0.5) is 0 Å². The van der Waals surface area contributed by atoms with E-state index < -0.39 is 29.4 Å². The van der Waals surface area contributed by atoms with Crippen LogP contribution >= 0.6 is 0 Å². The average molecular weight is 647 g/mol. The van der Waals surface area contributed by atoms with Gasteiger partial charge in [0.2, 0.25) is 5.79 Å². The lowest BCUT2D eigenvalue weighted by atomic mass is 9.65. The van der Waals surface area contributed by atoms with E-state index in [1.54, 1.807) is 55.5 Å². The maximum absolute atomic E-state index is 14.2. The summed E-state index contributed by atoms with van der Waals surface area (Å²) < 4.78 is 37.6. The Morgan fingerprint density at radius 1 is 1.17 bits per heavy atom. The molecule has 3 heterocycles. The highest BCUT2D eigenvalue weighted by atomic mass is 16.7. The summed E-state index contributed by atoms with van der Waals surface area (Å²) in [6.45, 7) is 8.30. The van der Waals surface area contributed by atoms with Gasteiger partial charge in [0.1, 0.15) is 29.8 Å². The topological polar surface area (TPSA) is 107 Å². The number of aromatic nitrogens is 2. The number of rotatable bonds is 10. The summed E-state index contributed by atoms with van der Waals surface area (Å²) >= 11 is 0. The first-order valence-corrected chi connectivity index (χ1v) is 16.0. The minimum atomic E-state index is -1.57. The van der Waals surface area contributed by atoms with Crippen molar-refractivity contribution in [3.05, 3.63) is 83.5 Å². The Morgan fingerprint density at radius 3 is 2.62 bits per heavy atom. The molecule has 5 rings (SSSR count). The second-order valence-corrected chi connectivity index (χ2v) is 13.1. The number of aryl methyl sites for hydroxylation is 1. The third-order valence-corrected chi connectivity index (χ3v) is 9.70. The molecule has 10 nitrogen and oxygen atoms in total. The molecule has 6 atom stereocenters. The predicted octanol–water partition coefficient (Wildman–Crippen LogP) is 5.98. The predicted molar refractivity (Wildman–Crippen MR) is 176 cm³/mol. The van der Waals surface area contributed by atoms with Crippen LogP contribution in [-0.4, -0.2) is 60.3 Å². The largest absolute Gasteiger partial charge is 0.497 e. The molecular formula is C37H46N2O8. The van der Waals surface area contributed by atoms with E-state index in [4.69, 9.17) is 28.4 Å². The number of allylic oxidation sites excluding steroid dienone is 3. The van der Waals surface area contributed by atoms with Crippen molar-refractivity contribution in [2.75, 3.05) is 21.3 Å². The molecule has 0 amide bonds. The normalized spacial score (nSPS) is 29.6. The number of carbonyl (C=O) groups excluding carboxylic acids is 2. The molecule has 2 bridgehead atoms. The Kier molecular flexibility index (Phi) is 10.1. The van der Waals surface area contributed by atoms with E-state index in [-0.39, 0.29) is 29.9 Å². The molecule has 0 saturated heterocycles. The van der Waals surface area contributed by atoms with Gasteiger partial charge in [-0.15, -0.1) is 0 Å². The molecule has 0 N–H and O–H groups in total. The van der Waals surface area contributed by atoms with Crippen LogP contribution in [0.5, 0.6) is 11.5 Å². The van der Waals surface area contributed by atoms with Crippen LogP contribution < -0.4 is 9.47 Å². The maximum Gasteiger partial charge on any atom is 0.339 e. The van der Waals surface area contributed by atoms with Gasteiger partial charge in [-0.25, -0.2) is 14.6 Å². The summed E-state index contributed by atoms with van der Waals surface area (Å²) in [6.07, 6.45) is 14.9. The van der Waals surface area contributed by atoms with Gasteiger partial charge < -0.3 is 33.0 Å². The minimum Gasteiger partial charge on any atom is -0.497 e. The van der Waals surface area contributed by atoms with Gasteiger partial charge >= 0.3 is 11.9 Å². The van der Waals surface area contributed by atoms with Crippen molar-refractivity contribution in [2.24, 2.45) is 30.7 Å². The van der Waals surface area contributed by atoms with E-state index in [1.165, 1.54) is 18.8 Å². The van der Waals surface area contributed by atoms with Gasteiger partial charge in [-0.2, -0.15) is 0 Å². The van der Waals surface area contributed by atoms with Crippen LogP contribution in [0.1, 0.15) is 51.8 Å². The summed E-state index contributed by atoms with van der Waals surface area (Å²) in [5, 5.41) is 0. The van der Waals surface area contributed by atoms with Crippen molar-refractivity contribution in [1.29, 1.82) is 0 Å². The highest BCUT2D eigenvalue weighted by Gasteiger charge is 2.55. The molecule has 47 heavy (non-hydrogen) atoms. The number of esters is 2. The lowest BCUT2D eigenvalue weighted by Crippen LogP contribution is -2.48. The van der Waals surface area contributed by atoms with E-state index in [2.05, 4.69) is 31.8 Å². The first kappa shape index (κ1) is 34.2. The highest BCUT2D eigenvalue weighted by Crippen LogP contribution is 2.50. The molecule has 10 heteroatoms. The van der Waals surface area contributed by atoms with Crippen LogP contribution in [0, 0.1) is 23.7 Å². The number of carbonyl (C=O) groups is 2. The van der Waals surface area contributed by atoms with E-state index in [0.29, 0.717) is 35.1 Å². The molecule has 1 aliphatic carbocycles. The zero-order valence-electron chi connectivity index (χ0n) is 28.5. The number of hydrogen-bond donors (Lipinski definition) is 0. The number of nitrogens with zero attached hydrogens (tertiary/aromatic N) is 2. The zero-order chi connectivity index (χ0) is 33.9. The second-order valence-electron chi connectivity index (χ2n) is 13.1. The van der Waals surface area contributed by atoms with Gasteiger partial charge in [0, 0.05) is 32.0 Å². The average Bonchev–Trinajstić information content (AvgIpc) is 3.65. The molecule has 0 spiro atoms. The number of hydrogen-bond acceptors (Lipinski definition) is 9. The third kappa shape index (κ3) is 7.09. The van der Waals surface area contributed by atoms with Crippen molar-refractivity contribution >= 4 is 18.0 Å².